The summed E-state index contributed by atoms with van der Waals surface area (Å²) in [6.45, 7) is 0. The summed E-state index contributed by atoms with van der Waals surface area (Å²) in [4.78, 5) is 4.29. The lowest BCUT2D eigenvalue weighted by Gasteiger charge is -2.04. The van der Waals surface area contributed by atoms with Crippen molar-refractivity contribution in [1.29, 1.82) is 0 Å². The number of hydrogen-bond donors (Lipinski definition) is 2. The maximum absolute atomic E-state index is 9.51. The second-order valence-electron chi connectivity index (χ2n) is 3.70. The van der Waals surface area contributed by atoms with Crippen molar-refractivity contribution in [3.05, 3.63) is 42.6 Å². The van der Waals surface area contributed by atoms with Crippen molar-refractivity contribution < 1.29 is 10.2 Å². The van der Waals surface area contributed by atoms with Crippen molar-refractivity contribution in [1.82, 2.24) is 4.98 Å². The van der Waals surface area contributed by atoms with Crippen LogP contribution in [-0.2, 0) is 0 Å². The highest BCUT2D eigenvalue weighted by Gasteiger charge is 2.05. The van der Waals surface area contributed by atoms with Crippen molar-refractivity contribution >= 4 is 21.7 Å². The quantitative estimate of drug-likeness (QED) is 0.444. The normalized spacial score (nSPS) is 11.0. The number of rotatable bonds is 0. The van der Waals surface area contributed by atoms with Crippen molar-refractivity contribution in [2.75, 3.05) is 0 Å². The minimum atomic E-state index is -0.121. The molecule has 0 unspecified atom stereocenters. The van der Waals surface area contributed by atoms with E-state index >= 15 is 0 Å². The predicted octanol–water partition coefficient (Wildman–Crippen LogP) is 2.80. The number of phenolic OH excluding ortho intramolecular Hbond substituents is 2. The number of nitrogens with zero attached hydrogens (tertiary/aromatic N) is 1. The Bertz CT molecular complexity index is 692. The fourth-order valence-electron chi connectivity index (χ4n) is 1.89. The predicted molar refractivity (Wildman–Crippen MR) is 62.6 cm³/mol. The Hall–Kier alpha value is -2.29. The zero-order valence-electron chi connectivity index (χ0n) is 8.38. The van der Waals surface area contributed by atoms with Gasteiger partial charge in [-0.25, -0.2) is 0 Å². The zero-order valence-corrected chi connectivity index (χ0v) is 8.38. The van der Waals surface area contributed by atoms with Crippen LogP contribution in [0.1, 0.15) is 0 Å². The minimum Gasteiger partial charge on any atom is -0.504 e. The van der Waals surface area contributed by atoms with E-state index in [1.54, 1.807) is 12.3 Å². The van der Waals surface area contributed by atoms with Gasteiger partial charge in [0.2, 0.25) is 0 Å². The number of para-hydroxylation sites is 1. The maximum Gasteiger partial charge on any atom is 0.158 e. The third-order valence-electron chi connectivity index (χ3n) is 2.68. The van der Waals surface area contributed by atoms with E-state index < -0.39 is 0 Å². The SMILES string of the molecule is Oc1cc2cnc3ccccc3c2cc1O. The molecule has 0 radical (unpaired) electrons. The van der Waals surface area contributed by atoms with E-state index in [4.69, 9.17) is 0 Å². The van der Waals surface area contributed by atoms with Crippen LogP contribution in [0.3, 0.4) is 0 Å². The molecule has 3 aromatic rings. The third-order valence-corrected chi connectivity index (χ3v) is 2.68. The average Bonchev–Trinajstić information content (AvgIpc) is 2.31. The van der Waals surface area contributed by atoms with Crippen LogP contribution in [0, 0.1) is 0 Å². The summed E-state index contributed by atoms with van der Waals surface area (Å²) < 4.78 is 0. The van der Waals surface area contributed by atoms with E-state index in [9.17, 15) is 10.2 Å². The molecule has 1 aromatic heterocycles. The Kier molecular flexibility index (Phi) is 1.74. The molecule has 0 aliphatic heterocycles. The summed E-state index contributed by atoms with van der Waals surface area (Å²) in [6, 6.07) is 10.8. The minimum absolute atomic E-state index is 0.108. The first-order valence-electron chi connectivity index (χ1n) is 4.95. The van der Waals surface area contributed by atoms with E-state index in [1.807, 2.05) is 24.3 Å². The molecule has 2 N–H and O–H groups in total. The van der Waals surface area contributed by atoms with Crippen LogP contribution in [-0.4, -0.2) is 15.2 Å². The first-order valence-corrected chi connectivity index (χ1v) is 4.95. The van der Waals surface area contributed by atoms with Crippen LogP contribution in [0.15, 0.2) is 42.6 Å². The third kappa shape index (κ3) is 1.18. The van der Waals surface area contributed by atoms with Gasteiger partial charge >= 0.3 is 0 Å². The fourth-order valence-corrected chi connectivity index (χ4v) is 1.89. The van der Waals surface area contributed by atoms with Crippen molar-refractivity contribution in [2.45, 2.75) is 0 Å². The standard InChI is InChI=1S/C13H9NO2/c15-12-5-8-7-14-11-4-2-1-3-9(11)10(8)6-13(12)16/h1-7,15-16H. The molecule has 3 nitrogen and oxygen atoms in total. The molecule has 0 atom stereocenters. The number of aromatic hydroxyl groups is 2. The van der Waals surface area contributed by atoms with Gasteiger partial charge in [0, 0.05) is 17.0 Å². The van der Waals surface area contributed by atoms with E-state index in [0.29, 0.717) is 0 Å². The molecule has 0 amide bonds. The molecular weight excluding hydrogens is 202 g/mol. The van der Waals surface area contributed by atoms with Crippen LogP contribution < -0.4 is 0 Å². The van der Waals surface area contributed by atoms with Crippen molar-refractivity contribution in [3.63, 3.8) is 0 Å². The van der Waals surface area contributed by atoms with Crippen LogP contribution in [0.25, 0.3) is 21.7 Å². The molecule has 1 heterocycles. The number of hydrogen-bond acceptors (Lipinski definition) is 3. The highest BCUT2D eigenvalue weighted by atomic mass is 16.3. The summed E-state index contributed by atoms with van der Waals surface area (Å²) in [5.41, 5.74) is 0.875. The molecule has 0 spiro atoms. The molecule has 0 saturated carbocycles. The van der Waals surface area contributed by atoms with Gasteiger partial charge in [0.1, 0.15) is 0 Å². The lowest BCUT2D eigenvalue weighted by molar-refractivity contribution is 0.405. The first kappa shape index (κ1) is 8.97. The van der Waals surface area contributed by atoms with Gasteiger partial charge in [0.25, 0.3) is 0 Å². The van der Waals surface area contributed by atoms with Gasteiger partial charge in [0.15, 0.2) is 11.5 Å². The molecule has 0 bridgehead atoms. The van der Waals surface area contributed by atoms with E-state index in [2.05, 4.69) is 4.98 Å². The lowest BCUT2D eigenvalue weighted by atomic mass is 10.1. The van der Waals surface area contributed by atoms with Gasteiger partial charge in [0.05, 0.1) is 5.52 Å². The summed E-state index contributed by atoms with van der Waals surface area (Å²) in [6.07, 6.45) is 1.69. The lowest BCUT2D eigenvalue weighted by Crippen LogP contribution is -1.81. The zero-order chi connectivity index (χ0) is 11.1. The van der Waals surface area contributed by atoms with Crippen LogP contribution in [0.5, 0.6) is 11.5 Å². The van der Waals surface area contributed by atoms with E-state index in [-0.39, 0.29) is 11.5 Å². The monoisotopic (exact) mass is 211 g/mol. The van der Waals surface area contributed by atoms with Gasteiger partial charge < -0.3 is 10.2 Å². The van der Waals surface area contributed by atoms with Gasteiger partial charge in [-0.2, -0.15) is 0 Å². The molecular formula is C13H9NO2. The van der Waals surface area contributed by atoms with E-state index in [0.717, 1.165) is 21.7 Å². The summed E-state index contributed by atoms with van der Waals surface area (Å²) in [7, 11) is 0. The molecule has 3 rings (SSSR count). The Morgan fingerprint density at radius 1 is 0.875 bits per heavy atom. The molecule has 3 heteroatoms. The largest absolute Gasteiger partial charge is 0.504 e. The molecule has 0 aliphatic carbocycles. The topological polar surface area (TPSA) is 53.4 Å². The molecule has 0 fully saturated rings. The Labute approximate surface area is 91.6 Å². The fraction of sp³-hybridized carbons (Fsp3) is 0. The second-order valence-corrected chi connectivity index (χ2v) is 3.70. The van der Waals surface area contributed by atoms with Gasteiger partial charge in [-0.05, 0) is 23.6 Å². The molecule has 78 valence electrons. The van der Waals surface area contributed by atoms with Gasteiger partial charge in [-0.3, -0.25) is 4.98 Å². The second kappa shape index (κ2) is 3.10. The first-order chi connectivity index (χ1) is 7.75. The molecule has 0 aliphatic rings. The Balaban J connectivity index is 2.55. The van der Waals surface area contributed by atoms with Crippen LogP contribution >= 0.6 is 0 Å². The number of aromatic nitrogens is 1. The number of benzene rings is 2. The average molecular weight is 211 g/mol. The molecule has 2 aromatic carbocycles. The van der Waals surface area contributed by atoms with Crippen LogP contribution in [0.2, 0.25) is 0 Å². The Morgan fingerprint density at radius 3 is 2.50 bits per heavy atom. The summed E-state index contributed by atoms with van der Waals surface area (Å²) >= 11 is 0. The summed E-state index contributed by atoms with van der Waals surface area (Å²) in [5.74, 6) is -0.228. The van der Waals surface area contributed by atoms with E-state index in [1.165, 1.54) is 6.07 Å². The summed E-state index contributed by atoms with van der Waals surface area (Å²) in [5, 5.41) is 21.6. The van der Waals surface area contributed by atoms with Crippen molar-refractivity contribution in [2.24, 2.45) is 0 Å². The highest BCUT2D eigenvalue weighted by molar-refractivity contribution is 6.06. The van der Waals surface area contributed by atoms with Gasteiger partial charge in [-0.1, -0.05) is 18.2 Å². The smallest absolute Gasteiger partial charge is 0.158 e. The van der Waals surface area contributed by atoms with Gasteiger partial charge in [-0.15, -0.1) is 0 Å². The Morgan fingerprint density at radius 2 is 1.62 bits per heavy atom. The number of pyridine rings is 1. The van der Waals surface area contributed by atoms with Crippen molar-refractivity contribution in [3.8, 4) is 11.5 Å². The molecule has 0 saturated heterocycles. The van der Waals surface area contributed by atoms with Crippen LogP contribution in [0.4, 0.5) is 0 Å². The maximum atomic E-state index is 9.51. The molecule has 16 heavy (non-hydrogen) atoms. The highest BCUT2D eigenvalue weighted by Crippen LogP contribution is 2.33. The number of phenols is 2. The number of fused-ring (bicyclic) bond motifs is 3.